The summed E-state index contributed by atoms with van der Waals surface area (Å²) in [6, 6.07) is 49.2. The first-order valence-corrected chi connectivity index (χ1v) is 53.3. The maximum Gasteiger partial charge on any atom is 0.425 e. The number of phenols is 1. The van der Waals surface area contributed by atoms with Crippen LogP contribution in [-0.2, 0) is 107 Å². The quantitative estimate of drug-likeness (QED) is 0.00786. The second-order valence-corrected chi connectivity index (χ2v) is 39.3. The molecule has 12 atom stereocenters. The average molecular weight is 2050 g/mol. The van der Waals surface area contributed by atoms with Gasteiger partial charge in [-0.2, -0.15) is 46.8 Å². The molecule has 0 saturated heterocycles. The number of aromatic hydroxyl groups is 1. The number of carbonyl (C=O) groups excluding carboxylic acids is 8. The third-order valence-electron chi connectivity index (χ3n) is 21.5. The molecule has 6 rings (SSSR count). The van der Waals surface area contributed by atoms with Crippen LogP contribution in [0.3, 0.4) is 0 Å². The zero-order valence-corrected chi connectivity index (χ0v) is 89.6. The molecule has 0 radical (unpaired) electrons. The van der Waals surface area contributed by atoms with E-state index in [9.17, 15) is 85.2 Å². The number of ether oxygens (including phenoxy) is 8. The number of rotatable bonds is 39. The molecule has 5 N–H and O–H groups in total. The third-order valence-corrected chi connectivity index (χ3v) is 25.3. The Bertz CT molecular complexity index is 4610. The number of alkyl halides is 3. The molecule has 0 aromatic heterocycles. The fourth-order valence-corrected chi connectivity index (χ4v) is 11.1. The van der Waals surface area contributed by atoms with Crippen LogP contribution in [0.4, 0.5) is 13.2 Å². The Morgan fingerprint density at radius 1 is 0.324 bits per heavy atom. The molecule has 6 aromatic carbocycles. The number of halogens is 3. The molecule has 6 aromatic rings. The molecular weight excluding hydrogens is 1890 g/mol. The first-order valence-electron chi connectivity index (χ1n) is 47.2. The standard InChI is InChI=1S/2C17H18O2.C10H14O3S.C10H14O.C9H18O2.C8H13F3O2.2C8H16O5S.2C6H12O2.C4H10O3S/c2*1-3-13(2)17(18)19-16-11-9-15(10-12-16)14-7-5-4-6-8-14;1-3-8(2)9-4-6-10(7-5-9)14(11,12)13;1-3-8(2)9-4-6-10(11)7-5-9;1-4-6-7-11-9(10)8(3)5-2;1-4-5(2)7(12)13-6(3)8(9,10)11;2*1-3-7(2)8(9)13-5-4-6-14(10,11)12;2*1-4-5(2)6(7)8-3;1-3-4(2)8(5,6)7/h2*4-13H,3H2,1-2H3;4-8H,3H2,1-2H3,(H,11,12,13);4-8,11H,3H2,1-2H3;8H,4-7H2,1-3H3;5-6H,4H2,1-3H3;2*7H,3-6H2,1-2H3,(H,10,11,12);2*5H,4H2,1-3H3;4H,3H2,1-2H3,(H,5,6,7). The number of benzene rings is 6. The Labute approximate surface area is 827 Å². The smallest absolute Gasteiger partial charge is 0.425 e. The molecular formula is C103H161F3O29S4. The van der Waals surface area contributed by atoms with Crippen molar-refractivity contribution in [3.05, 3.63) is 169 Å². The second kappa shape index (κ2) is 77.0. The van der Waals surface area contributed by atoms with Gasteiger partial charge in [0.1, 0.15) is 17.2 Å². The SMILES string of the molecule is CCC(C)C(=O)OC.CCC(C)C(=O)OC.CCC(C)C(=O)OC(C)C(F)(F)F.CCC(C)C(=O)OCCCS(=O)(=O)O.CCC(C)C(=O)OCCCS(=O)(=O)O.CCC(C)C(=O)Oc1ccc(-c2ccccc2)cc1.CCC(C)C(=O)Oc1ccc(-c2ccccc2)cc1.CCC(C)S(=O)(=O)O.CCC(C)c1ccc(O)cc1.CCC(C)c1ccc(S(=O)(=O)O)cc1.CCCCOC(=O)C(C)CC. The molecule has 0 bridgehead atoms. The molecule has 0 fully saturated rings. The molecule has 0 aliphatic carbocycles. The van der Waals surface area contributed by atoms with E-state index in [-0.39, 0.29) is 126 Å². The first-order chi connectivity index (χ1) is 64.7. The molecule has 29 nitrogen and oxygen atoms in total. The van der Waals surface area contributed by atoms with Gasteiger partial charge in [0.25, 0.3) is 40.5 Å². The summed E-state index contributed by atoms with van der Waals surface area (Å²) in [5.74, 6) is -1.06. The lowest BCUT2D eigenvalue weighted by Gasteiger charge is -2.18. The van der Waals surface area contributed by atoms with Crippen LogP contribution in [0.5, 0.6) is 17.2 Å². The van der Waals surface area contributed by atoms with Gasteiger partial charge in [-0.1, -0.05) is 268 Å². The number of carbonyl (C=O) groups is 8. The molecule has 0 heterocycles. The lowest BCUT2D eigenvalue weighted by Crippen LogP contribution is -2.32. The van der Waals surface area contributed by atoms with E-state index in [0.717, 1.165) is 92.5 Å². The highest BCUT2D eigenvalue weighted by atomic mass is 32.2. The van der Waals surface area contributed by atoms with Crippen LogP contribution < -0.4 is 9.47 Å². The van der Waals surface area contributed by atoms with Crippen molar-refractivity contribution in [2.45, 2.75) is 297 Å². The second-order valence-electron chi connectivity index (χ2n) is 32.9. The third kappa shape index (κ3) is 69.8. The highest BCUT2D eigenvalue weighted by molar-refractivity contribution is 7.86. The zero-order chi connectivity index (χ0) is 108. The summed E-state index contributed by atoms with van der Waals surface area (Å²) >= 11 is 0. The fraction of sp³-hybridized carbons (Fsp3) is 0.573. The van der Waals surface area contributed by atoms with E-state index < -0.39 is 69.9 Å². The van der Waals surface area contributed by atoms with Gasteiger partial charge in [-0.15, -0.1) is 0 Å². The van der Waals surface area contributed by atoms with Crippen LogP contribution in [0.25, 0.3) is 22.3 Å². The minimum absolute atomic E-state index is 0.0307. The van der Waals surface area contributed by atoms with Gasteiger partial charge in [0.2, 0.25) is 0 Å². The minimum atomic E-state index is -4.47. The van der Waals surface area contributed by atoms with Crippen molar-refractivity contribution in [2.24, 2.45) is 47.3 Å². The summed E-state index contributed by atoms with van der Waals surface area (Å²) in [6.07, 6.45) is 4.44. The highest BCUT2D eigenvalue weighted by Crippen LogP contribution is 2.28. The summed E-state index contributed by atoms with van der Waals surface area (Å²) in [5.41, 5.74) is 6.92. The van der Waals surface area contributed by atoms with Crippen molar-refractivity contribution < 1.29 is 146 Å². The minimum Gasteiger partial charge on any atom is -0.508 e. The summed E-state index contributed by atoms with van der Waals surface area (Å²) < 4.78 is 191. The van der Waals surface area contributed by atoms with Crippen LogP contribution in [0.2, 0.25) is 0 Å². The number of unbranched alkanes of at least 4 members (excludes halogenated alkanes) is 1. The van der Waals surface area contributed by atoms with Gasteiger partial charge in [0, 0.05) is 0 Å². The van der Waals surface area contributed by atoms with E-state index in [4.69, 9.17) is 47.0 Å². The van der Waals surface area contributed by atoms with Gasteiger partial charge in [0.05, 0.1) is 103 Å². The summed E-state index contributed by atoms with van der Waals surface area (Å²) in [5, 5.41) is 8.39. The maximum atomic E-state index is 11.9. The molecule has 0 spiro atoms. The molecule has 0 amide bonds. The van der Waals surface area contributed by atoms with Crippen LogP contribution in [-0.4, -0.2) is 168 Å². The molecule has 0 saturated carbocycles. The molecule has 139 heavy (non-hydrogen) atoms. The highest BCUT2D eigenvalue weighted by Gasteiger charge is 2.39. The van der Waals surface area contributed by atoms with Crippen molar-refractivity contribution in [3.63, 3.8) is 0 Å². The van der Waals surface area contributed by atoms with E-state index in [1.807, 2.05) is 180 Å². The van der Waals surface area contributed by atoms with Crippen molar-refractivity contribution in [1.82, 2.24) is 0 Å². The van der Waals surface area contributed by atoms with E-state index in [0.29, 0.717) is 61.4 Å². The molecule has 12 unspecified atom stereocenters. The van der Waals surface area contributed by atoms with Gasteiger partial charge in [-0.05, 0) is 197 Å². The largest absolute Gasteiger partial charge is 0.508 e. The average Bonchev–Trinajstić information content (AvgIpc) is 0.845. The van der Waals surface area contributed by atoms with Gasteiger partial charge >= 0.3 is 53.9 Å². The van der Waals surface area contributed by atoms with Crippen molar-refractivity contribution in [1.29, 1.82) is 0 Å². The van der Waals surface area contributed by atoms with Crippen LogP contribution in [0.15, 0.2) is 163 Å². The monoisotopic (exact) mass is 2050 g/mol. The first kappa shape index (κ1) is 138. The predicted molar refractivity (Wildman–Crippen MR) is 539 cm³/mol. The number of esters is 8. The Hall–Kier alpha value is -9.69. The lowest BCUT2D eigenvalue weighted by molar-refractivity contribution is -0.218. The normalized spacial score (nSPS) is 13.4. The fourth-order valence-electron chi connectivity index (χ4n) is 9.24. The van der Waals surface area contributed by atoms with E-state index >= 15 is 0 Å². The van der Waals surface area contributed by atoms with Gasteiger partial charge in [0.15, 0.2) is 6.10 Å². The van der Waals surface area contributed by atoms with E-state index in [1.54, 1.807) is 52.0 Å². The predicted octanol–water partition coefficient (Wildman–Crippen LogP) is 23.7. The number of phenolic OH excluding ortho intramolecular Hbond substituents is 1. The van der Waals surface area contributed by atoms with Crippen molar-refractivity contribution in [2.75, 3.05) is 45.5 Å². The molecule has 0 aliphatic rings. The Kier molecular flexibility index (Phi) is 76.3. The van der Waals surface area contributed by atoms with E-state index in [2.05, 4.69) is 73.1 Å². The van der Waals surface area contributed by atoms with Crippen LogP contribution in [0, 0.1) is 47.3 Å². The summed E-state index contributed by atoms with van der Waals surface area (Å²) in [6.45, 7) is 44.9. The maximum absolute atomic E-state index is 11.9. The summed E-state index contributed by atoms with van der Waals surface area (Å²) in [4.78, 5) is 88.4. The lowest BCUT2D eigenvalue weighted by atomic mass is 9.99. The number of methoxy groups -OCH3 is 2. The van der Waals surface area contributed by atoms with Crippen LogP contribution in [0.1, 0.15) is 285 Å². The van der Waals surface area contributed by atoms with Crippen molar-refractivity contribution in [3.8, 4) is 39.5 Å². The molecule has 792 valence electrons. The molecule has 0 aliphatic heterocycles. The summed E-state index contributed by atoms with van der Waals surface area (Å²) in [7, 11) is -12.9. The van der Waals surface area contributed by atoms with Gasteiger partial charge in [-0.3, -0.25) is 56.6 Å². The Morgan fingerprint density at radius 2 is 0.590 bits per heavy atom. The topological polar surface area (TPSA) is 448 Å². The number of hydrogen-bond acceptors (Lipinski definition) is 25. The van der Waals surface area contributed by atoms with Crippen LogP contribution >= 0.6 is 0 Å². The van der Waals surface area contributed by atoms with E-state index in [1.165, 1.54) is 45.8 Å². The van der Waals surface area contributed by atoms with Gasteiger partial charge in [-0.25, -0.2) is 0 Å². The Balaban J connectivity index is -0.000000479. The number of hydrogen-bond donors (Lipinski definition) is 5. The zero-order valence-electron chi connectivity index (χ0n) is 86.4. The molecule has 36 heteroatoms. The van der Waals surface area contributed by atoms with Gasteiger partial charge < -0.3 is 43.0 Å². The van der Waals surface area contributed by atoms with Crippen molar-refractivity contribution >= 4 is 88.2 Å². The Morgan fingerprint density at radius 3 is 0.820 bits per heavy atom.